The summed E-state index contributed by atoms with van der Waals surface area (Å²) in [5, 5.41) is 3.52. The molecular weight excluding hydrogens is 204 g/mol. The summed E-state index contributed by atoms with van der Waals surface area (Å²) in [4.78, 5) is 5.30. The van der Waals surface area contributed by atoms with E-state index < -0.39 is 0 Å². The topological polar surface area (TPSA) is 24.9 Å². The third kappa shape index (κ3) is 5.80. The number of nitrogens with zero attached hydrogens (tertiary/aromatic N) is 1. The number of rotatable bonds is 7. The Morgan fingerprint density at radius 3 is 2.80 bits per heavy atom. The zero-order chi connectivity index (χ0) is 10.9. The molecule has 0 aliphatic carbocycles. The first-order chi connectivity index (χ1) is 7.33. The Labute approximate surface area is 96.9 Å². The summed E-state index contributed by atoms with van der Waals surface area (Å²) in [7, 11) is 0. The van der Waals surface area contributed by atoms with Gasteiger partial charge in [-0.25, -0.2) is 0 Å². The first-order valence-corrected chi connectivity index (χ1v) is 6.57. The predicted octanol–water partition coefficient (Wildman–Crippen LogP) is 2.95. The molecule has 0 radical (unpaired) electrons. The molecule has 84 valence electrons. The lowest BCUT2D eigenvalue weighted by Gasteiger charge is -2.11. The molecule has 3 heteroatoms. The molecule has 1 unspecified atom stereocenters. The molecule has 1 N–H and O–H groups in total. The summed E-state index contributed by atoms with van der Waals surface area (Å²) >= 11 is 1.88. The van der Waals surface area contributed by atoms with Crippen molar-refractivity contribution < 1.29 is 0 Å². The van der Waals surface area contributed by atoms with Gasteiger partial charge in [-0.1, -0.05) is 13.3 Å². The average molecular weight is 224 g/mol. The van der Waals surface area contributed by atoms with Crippen LogP contribution in [0.15, 0.2) is 29.4 Å². The van der Waals surface area contributed by atoms with Crippen LogP contribution in [0.1, 0.15) is 26.7 Å². The summed E-state index contributed by atoms with van der Waals surface area (Å²) < 4.78 is 0. The van der Waals surface area contributed by atoms with Crippen molar-refractivity contribution >= 4 is 11.8 Å². The van der Waals surface area contributed by atoms with Crippen LogP contribution < -0.4 is 5.32 Å². The van der Waals surface area contributed by atoms with Crippen LogP contribution in [0, 0.1) is 0 Å². The summed E-state index contributed by atoms with van der Waals surface area (Å²) in [6, 6.07) is 4.76. The van der Waals surface area contributed by atoms with E-state index in [1.807, 2.05) is 24.2 Å². The fourth-order valence-corrected chi connectivity index (χ4v) is 2.21. The first-order valence-electron chi connectivity index (χ1n) is 5.59. The Kier molecular flexibility index (Phi) is 6.44. The van der Waals surface area contributed by atoms with Crippen LogP contribution in [0.25, 0.3) is 0 Å². The predicted molar refractivity (Wildman–Crippen MR) is 67.3 cm³/mol. The van der Waals surface area contributed by atoms with E-state index in [4.69, 9.17) is 0 Å². The highest BCUT2D eigenvalue weighted by Crippen LogP contribution is 2.14. The van der Waals surface area contributed by atoms with Gasteiger partial charge in [-0.2, -0.15) is 0 Å². The van der Waals surface area contributed by atoms with Gasteiger partial charge in [0.1, 0.15) is 0 Å². The third-order valence-corrected chi connectivity index (χ3v) is 3.25. The molecule has 0 aliphatic rings. The first kappa shape index (κ1) is 12.5. The second-order valence-electron chi connectivity index (χ2n) is 3.68. The van der Waals surface area contributed by atoms with Gasteiger partial charge in [0.15, 0.2) is 0 Å². The third-order valence-electron chi connectivity index (χ3n) is 2.24. The lowest BCUT2D eigenvalue weighted by Crippen LogP contribution is -2.27. The molecule has 15 heavy (non-hydrogen) atoms. The minimum absolute atomic E-state index is 0.646. The van der Waals surface area contributed by atoms with Gasteiger partial charge in [-0.05, 0) is 25.5 Å². The number of pyridine rings is 1. The van der Waals surface area contributed by atoms with Gasteiger partial charge in [0, 0.05) is 35.6 Å². The molecule has 0 spiro atoms. The fourth-order valence-electron chi connectivity index (χ4n) is 1.44. The molecular formula is C12H20N2S. The van der Waals surface area contributed by atoms with E-state index in [1.165, 1.54) is 17.7 Å². The molecule has 0 amide bonds. The Hall–Kier alpha value is -0.540. The van der Waals surface area contributed by atoms with Crippen LogP contribution in [0.2, 0.25) is 0 Å². The smallest absolute Gasteiger partial charge is 0.0278 e. The van der Waals surface area contributed by atoms with Crippen molar-refractivity contribution in [2.45, 2.75) is 37.6 Å². The van der Waals surface area contributed by atoms with E-state index in [-0.39, 0.29) is 0 Å². The van der Waals surface area contributed by atoms with Crippen LogP contribution in [0.3, 0.4) is 0 Å². The van der Waals surface area contributed by atoms with Crippen LogP contribution in [0.4, 0.5) is 0 Å². The van der Waals surface area contributed by atoms with E-state index in [0.29, 0.717) is 6.04 Å². The maximum atomic E-state index is 4.00. The van der Waals surface area contributed by atoms with Crippen molar-refractivity contribution in [3.8, 4) is 0 Å². The molecule has 0 bridgehead atoms. The van der Waals surface area contributed by atoms with E-state index >= 15 is 0 Å². The minimum atomic E-state index is 0.646. The molecule has 2 nitrogen and oxygen atoms in total. The van der Waals surface area contributed by atoms with Crippen molar-refractivity contribution in [1.82, 2.24) is 10.3 Å². The maximum absolute atomic E-state index is 4.00. The van der Waals surface area contributed by atoms with Crippen LogP contribution >= 0.6 is 11.8 Å². The van der Waals surface area contributed by atoms with Crippen LogP contribution in [-0.4, -0.2) is 23.3 Å². The zero-order valence-electron chi connectivity index (χ0n) is 9.57. The normalized spacial score (nSPS) is 12.7. The van der Waals surface area contributed by atoms with Crippen LogP contribution in [0.5, 0.6) is 0 Å². The SMILES string of the molecule is CCCC(C)NCCSc1ccncc1. The van der Waals surface area contributed by atoms with E-state index in [9.17, 15) is 0 Å². The van der Waals surface area contributed by atoms with E-state index in [0.717, 1.165) is 12.3 Å². The van der Waals surface area contributed by atoms with Crippen molar-refractivity contribution in [3.05, 3.63) is 24.5 Å². The lowest BCUT2D eigenvalue weighted by molar-refractivity contribution is 0.526. The fraction of sp³-hybridized carbons (Fsp3) is 0.583. The van der Waals surface area contributed by atoms with E-state index in [2.05, 4.69) is 36.3 Å². The van der Waals surface area contributed by atoms with Gasteiger partial charge in [0.05, 0.1) is 0 Å². The number of aromatic nitrogens is 1. The zero-order valence-corrected chi connectivity index (χ0v) is 10.4. The van der Waals surface area contributed by atoms with Gasteiger partial charge in [-0.3, -0.25) is 4.98 Å². The van der Waals surface area contributed by atoms with Crippen molar-refractivity contribution in [1.29, 1.82) is 0 Å². The van der Waals surface area contributed by atoms with Crippen molar-refractivity contribution in [3.63, 3.8) is 0 Å². The van der Waals surface area contributed by atoms with Crippen molar-refractivity contribution in [2.75, 3.05) is 12.3 Å². The van der Waals surface area contributed by atoms with Crippen molar-refractivity contribution in [2.24, 2.45) is 0 Å². The summed E-state index contributed by atoms with van der Waals surface area (Å²) in [5.74, 6) is 1.12. The molecule has 1 atom stereocenters. The average Bonchev–Trinajstić information content (AvgIpc) is 2.26. The van der Waals surface area contributed by atoms with Gasteiger partial charge in [0.2, 0.25) is 0 Å². The molecule has 0 aliphatic heterocycles. The van der Waals surface area contributed by atoms with Gasteiger partial charge < -0.3 is 5.32 Å². The molecule has 0 saturated heterocycles. The van der Waals surface area contributed by atoms with Gasteiger partial charge >= 0.3 is 0 Å². The Balaban J connectivity index is 2.07. The largest absolute Gasteiger partial charge is 0.313 e. The number of thioether (sulfide) groups is 1. The quantitative estimate of drug-likeness (QED) is 0.569. The summed E-state index contributed by atoms with van der Waals surface area (Å²) in [5.41, 5.74) is 0. The molecule has 0 saturated carbocycles. The second kappa shape index (κ2) is 7.71. The standard InChI is InChI=1S/C12H20N2S/c1-3-4-11(2)14-9-10-15-12-5-7-13-8-6-12/h5-8,11,14H,3-4,9-10H2,1-2H3. The molecule has 0 aromatic carbocycles. The van der Waals surface area contributed by atoms with Gasteiger partial charge in [-0.15, -0.1) is 11.8 Å². The second-order valence-corrected chi connectivity index (χ2v) is 4.84. The van der Waals surface area contributed by atoms with E-state index in [1.54, 1.807) is 0 Å². The Morgan fingerprint density at radius 2 is 2.13 bits per heavy atom. The summed E-state index contributed by atoms with van der Waals surface area (Å²) in [6.45, 7) is 5.55. The molecule has 1 rings (SSSR count). The number of hydrogen-bond acceptors (Lipinski definition) is 3. The monoisotopic (exact) mass is 224 g/mol. The lowest BCUT2D eigenvalue weighted by atomic mass is 10.2. The number of hydrogen-bond donors (Lipinski definition) is 1. The highest BCUT2D eigenvalue weighted by Gasteiger charge is 1.98. The molecule has 1 aromatic rings. The van der Waals surface area contributed by atoms with Gasteiger partial charge in [0.25, 0.3) is 0 Å². The summed E-state index contributed by atoms with van der Waals surface area (Å²) in [6.07, 6.45) is 6.20. The molecule has 1 aromatic heterocycles. The Bertz CT molecular complexity index is 251. The minimum Gasteiger partial charge on any atom is -0.313 e. The number of nitrogens with one attached hydrogen (secondary N) is 1. The highest BCUT2D eigenvalue weighted by molar-refractivity contribution is 7.99. The Morgan fingerprint density at radius 1 is 1.40 bits per heavy atom. The molecule has 1 heterocycles. The van der Waals surface area contributed by atoms with Crippen LogP contribution in [-0.2, 0) is 0 Å². The molecule has 0 fully saturated rings. The highest BCUT2D eigenvalue weighted by atomic mass is 32.2. The maximum Gasteiger partial charge on any atom is 0.0278 e.